The zero-order chi connectivity index (χ0) is 26.7. The number of nitrogens with zero attached hydrogens (tertiary/aromatic N) is 5. The number of hydrogen-bond acceptors (Lipinski definition) is 14. The first-order chi connectivity index (χ1) is 16.9. The van der Waals surface area contributed by atoms with Gasteiger partial charge >= 0.3 is 11.9 Å². The lowest BCUT2D eigenvalue weighted by Crippen LogP contribution is -2.48. The Morgan fingerprint density at radius 3 is 2.22 bits per heavy atom. The van der Waals surface area contributed by atoms with Crippen LogP contribution in [0.5, 0.6) is 0 Å². The van der Waals surface area contributed by atoms with Gasteiger partial charge in [0.25, 0.3) is 5.09 Å². The van der Waals surface area contributed by atoms with E-state index in [0.717, 1.165) is 0 Å². The number of nitrogen functional groups attached to an aromatic ring is 1. The van der Waals surface area contributed by atoms with Crippen molar-refractivity contribution in [2.24, 2.45) is 23.3 Å². The summed E-state index contributed by atoms with van der Waals surface area (Å²) in [6, 6.07) is -2.02. The van der Waals surface area contributed by atoms with Crippen LogP contribution in [0.15, 0.2) is 12.7 Å². The Balaban J connectivity index is 2.04. The summed E-state index contributed by atoms with van der Waals surface area (Å²) in [4.78, 5) is 53.2. The molecule has 1 aliphatic heterocycles. The average molecular weight is 511 g/mol. The van der Waals surface area contributed by atoms with Crippen molar-refractivity contribution >= 4 is 28.9 Å². The highest BCUT2D eigenvalue weighted by molar-refractivity contribution is 5.81. The predicted octanol–water partition coefficient (Wildman–Crippen LogP) is -0.696. The smallest absolute Gasteiger partial charge is 0.323 e. The third-order valence-electron chi connectivity index (χ3n) is 5.78. The number of imidazole rings is 1. The van der Waals surface area contributed by atoms with Gasteiger partial charge in [0.15, 0.2) is 29.9 Å². The maximum absolute atomic E-state index is 12.8. The van der Waals surface area contributed by atoms with E-state index in [1.807, 2.05) is 0 Å². The Hall–Kier alpha value is -3.63. The highest BCUT2D eigenvalue weighted by Crippen LogP contribution is 2.36. The number of carbonyl (C=O) groups is 2. The van der Waals surface area contributed by atoms with Gasteiger partial charge in [0.1, 0.15) is 36.6 Å². The summed E-state index contributed by atoms with van der Waals surface area (Å²) < 4.78 is 18.6. The van der Waals surface area contributed by atoms with E-state index >= 15 is 0 Å². The molecule has 0 spiro atoms. The quantitative estimate of drug-likeness (QED) is 0.204. The van der Waals surface area contributed by atoms with Gasteiger partial charge in [0.05, 0.1) is 6.33 Å². The number of esters is 2. The summed E-state index contributed by atoms with van der Waals surface area (Å²) in [5.74, 6) is -2.08. The van der Waals surface area contributed by atoms with Crippen molar-refractivity contribution in [2.75, 3.05) is 12.3 Å². The minimum absolute atomic E-state index is 0.0891. The normalized spacial score (nSPS) is 23.6. The molecule has 0 amide bonds. The molecule has 1 aliphatic rings. The molecular formula is C20H30N8O8. The van der Waals surface area contributed by atoms with E-state index < -0.39 is 60.3 Å². The number of ether oxygens (including phenoxy) is 3. The van der Waals surface area contributed by atoms with Crippen molar-refractivity contribution < 1.29 is 33.7 Å². The Bertz CT molecular complexity index is 1110. The second kappa shape index (κ2) is 11.0. The highest BCUT2D eigenvalue weighted by Gasteiger charge is 2.52. The molecule has 1 saturated heterocycles. The first kappa shape index (κ1) is 27.0. The summed E-state index contributed by atoms with van der Waals surface area (Å²) in [7, 11) is 0. The van der Waals surface area contributed by atoms with Crippen molar-refractivity contribution in [3.8, 4) is 0 Å². The van der Waals surface area contributed by atoms with Crippen molar-refractivity contribution in [3.63, 3.8) is 0 Å². The zero-order valence-electron chi connectivity index (χ0n) is 20.2. The predicted molar refractivity (Wildman–Crippen MR) is 122 cm³/mol. The van der Waals surface area contributed by atoms with Gasteiger partial charge in [-0.25, -0.2) is 15.0 Å². The second-order valence-corrected chi connectivity index (χ2v) is 9.01. The van der Waals surface area contributed by atoms with Crippen LogP contribution in [-0.2, 0) is 28.6 Å². The van der Waals surface area contributed by atoms with E-state index in [1.54, 1.807) is 27.7 Å². The molecule has 0 unspecified atom stereocenters. The van der Waals surface area contributed by atoms with Gasteiger partial charge in [-0.15, -0.1) is 10.1 Å². The van der Waals surface area contributed by atoms with E-state index in [9.17, 15) is 19.7 Å². The van der Waals surface area contributed by atoms with Crippen molar-refractivity contribution in [3.05, 3.63) is 22.8 Å². The first-order valence-electron chi connectivity index (χ1n) is 11.2. The number of aromatic nitrogens is 4. The summed E-state index contributed by atoms with van der Waals surface area (Å²) in [6.07, 6.45) is -2.56. The van der Waals surface area contributed by atoms with Gasteiger partial charge in [-0.05, 0) is 11.8 Å². The SMILES string of the molecule is CC(C)[C@H](N)C(=O)O[C@@H]1[C@H](OC(=O)[C@@H](N)C(C)C)[C@@H](CO[N+](=O)[O-])O[C@H]1n1cnc2c(N)ncnc21. The Labute approximate surface area is 205 Å². The van der Waals surface area contributed by atoms with Crippen LogP contribution >= 0.6 is 0 Å². The number of carbonyl (C=O) groups excluding carboxylic acids is 2. The van der Waals surface area contributed by atoms with Crippen LogP contribution < -0.4 is 17.2 Å². The summed E-state index contributed by atoms with van der Waals surface area (Å²) in [5, 5.41) is 9.86. The van der Waals surface area contributed by atoms with Gasteiger partial charge in [-0.2, -0.15) is 0 Å². The fourth-order valence-corrected chi connectivity index (χ4v) is 3.49. The third kappa shape index (κ3) is 5.60. The average Bonchev–Trinajstić information content (AvgIpc) is 3.38. The summed E-state index contributed by atoms with van der Waals surface area (Å²) >= 11 is 0. The molecule has 0 aliphatic carbocycles. The molecule has 16 heteroatoms. The van der Waals surface area contributed by atoms with E-state index in [1.165, 1.54) is 17.2 Å². The lowest BCUT2D eigenvalue weighted by atomic mass is 10.0. The van der Waals surface area contributed by atoms with E-state index in [2.05, 4.69) is 19.8 Å². The third-order valence-corrected chi connectivity index (χ3v) is 5.78. The van der Waals surface area contributed by atoms with Gasteiger partial charge < -0.3 is 36.2 Å². The number of hydrogen-bond donors (Lipinski definition) is 3. The zero-order valence-corrected chi connectivity index (χ0v) is 20.2. The van der Waals surface area contributed by atoms with Crippen LogP contribution in [0.2, 0.25) is 0 Å². The fourth-order valence-electron chi connectivity index (χ4n) is 3.49. The monoisotopic (exact) mass is 510 g/mol. The molecule has 0 bridgehead atoms. The molecule has 6 N–H and O–H groups in total. The number of nitrogens with two attached hydrogens (primary N) is 3. The standard InChI is InChI=1S/C20H30N8O8/c1-8(2)11(21)19(29)35-14-10(5-33-28(31)32)34-18(15(14)36-20(30)12(22)9(3)4)27-7-26-13-16(23)24-6-25-17(13)27/h6-12,14-15,18H,5,21-22H2,1-4H3,(H2,23,24,25)/t10-,11+,12+,14-,15-,18-/m1/s1. The Morgan fingerprint density at radius 1 is 1.08 bits per heavy atom. The molecule has 0 aromatic carbocycles. The molecular weight excluding hydrogens is 480 g/mol. The van der Waals surface area contributed by atoms with E-state index in [4.69, 9.17) is 31.4 Å². The number of rotatable bonds is 10. The van der Waals surface area contributed by atoms with Crippen LogP contribution in [0.3, 0.4) is 0 Å². The number of fused-ring (bicyclic) bond motifs is 1. The van der Waals surface area contributed by atoms with Gasteiger partial charge in [-0.3, -0.25) is 14.2 Å². The van der Waals surface area contributed by atoms with Crippen LogP contribution in [-0.4, -0.2) is 73.5 Å². The summed E-state index contributed by atoms with van der Waals surface area (Å²) in [5.41, 5.74) is 18.2. The van der Waals surface area contributed by atoms with Gasteiger partial charge in [-0.1, -0.05) is 27.7 Å². The molecule has 6 atom stereocenters. The Morgan fingerprint density at radius 2 is 1.67 bits per heavy atom. The minimum Gasteiger partial charge on any atom is -0.454 e. The van der Waals surface area contributed by atoms with E-state index in [-0.39, 0.29) is 28.8 Å². The lowest BCUT2D eigenvalue weighted by molar-refractivity contribution is -0.759. The van der Waals surface area contributed by atoms with Crippen LogP contribution in [0.25, 0.3) is 11.2 Å². The van der Waals surface area contributed by atoms with E-state index in [0.29, 0.717) is 0 Å². The largest absolute Gasteiger partial charge is 0.454 e. The van der Waals surface area contributed by atoms with Crippen molar-refractivity contribution in [1.29, 1.82) is 0 Å². The molecule has 0 saturated carbocycles. The van der Waals surface area contributed by atoms with Crippen LogP contribution in [0.1, 0.15) is 33.9 Å². The molecule has 36 heavy (non-hydrogen) atoms. The van der Waals surface area contributed by atoms with Crippen molar-refractivity contribution in [1.82, 2.24) is 19.5 Å². The topological polar surface area (TPSA) is 236 Å². The van der Waals surface area contributed by atoms with Gasteiger partial charge in [0, 0.05) is 0 Å². The molecule has 2 aromatic heterocycles. The summed E-state index contributed by atoms with van der Waals surface area (Å²) in [6.45, 7) is 6.25. The lowest BCUT2D eigenvalue weighted by Gasteiger charge is -2.27. The molecule has 0 radical (unpaired) electrons. The molecule has 16 nitrogen and oxygen atoms in total. The maximum atomic E-state index is 12.8. The molecule has 2 aromatic rings. The molecule has 1 fully saturated rings. The maximum Gasteiger partial charge on any atom is 0.323 e. The first-order valence-corrected chi connectivity index (χ1v) is 11.2. The second-order valence-electron chi connectivity index (χ2n) is 9.01. The van der Waals surface area contributed by atoms with Gasteiger partial charge in [0.2, 0.25) is 0 Å². The molecule has 3 rings (SSSR count). The van der Waals surface area contributed by atoms with Crippen molar-refractivity contribution in [2.45, 2.75) is 64.3 Å². The minimum atomic E-state index is -1.34. The van der Waals surface area contributed by atoms with Crippen LogP contribution in [0.4, 0.5) is 5.82 Å². The van der Waals surface area contributed by atoms with Crippen LogP contribution in [0, 0.1) is 22.0 Å². The number of anilines is 1. The molecule has 198 valence electrons. The Kier molecular flexibility index (Phi) is 8.21. The highest BCUT2D eigenvalue weighted by atomic mass is 17.0. The molecule has 3 heterocycles. The fraction of sp³-hybridized carbons (Fsp3) is 0.650.